The van der Waals surface area contributed by atoms with E-state index in [2.05, 4.69) is 33.5 Å². The summed E-state index contributed by atoms with van der Waals surface area (Å²) in [5.74, 6) is -0.0909. The fraction of sp³-hybridized carbons (Fsp3) is 0.417. The molecule has 0 aliphatic heterocycles. The minimum Gasteiger partial charge on any atom is -0.351 e. The second-order valence-electron chi connectivity index (χ2n) is 3.63. The molecule has 0 aliphatic rings. The molecule has 0 heterocycles. The summed E-state index contributed by atoms with van der Waals surface area (Å²) in [6.07, 6.45) is 1.09. The van der Waals surface area contributed by atoms with Crippen LogP contribution in [-0.4, -0.2) is 25.5 Å². The van der Waals surface area contributed by atoms with Crippen LogP contribution in [0.3, 0.4) is 0 Å². The molecule has 1 aromatic rings. The van der Waals surface area contributed by atoms with Crippen molar-refractivity contribution in [3.63, 3.8) is 0 Å². The van der Waals surface area contributed by atoms with E-state index >= 15 is 0 Å². The molecule has 1 amide bonds. The molecule has 1 aromatic carbocycles. The van der Waals surface area contributed by atoms with Gasteiger partial charge >= 0.3 is 0 Å². The van der Waals surface area contributed by atoms with Crippen LogP contribution in [-0.2, 0) is 0 Å². The van der Waals surface area contributed by atoms with Crippen molar-refractivity contribution in [2.24, 2.45) is 0 Å². The second-order valence-corrected chi connectivity index (χ2v) is 4.92. The molecule has 0 saturated heterocycles. The average molecular weight is 356 g/mol. The summed E-state index contributed by atoms with van der Waals surface area (Å²) in [6, 6.07) is 5.13. The highest BCUT2D eigenvalue weighted by Gasteiger charge is 2.09. The molecule has 1 rings (SSSR count). The summed E-state index contributed by atoms with van der Waals surface area (Å²) >= 11 is 9.13. The SMILES string of the molecule is CCCNCCNC(=O)c1ccc(Cl)cc1Br.Cl. The lowest BCUT2D eigenvalue weighted by Gasteiger charge is -2.07. The zero-order chi connectivity index (χ0) is 12.7. The topological polar surface area (TPSA) is 41.1 Å². The van der Waals surface area contributed by atoms with E-state index in [1.165, 1.54) is 0 Å². The van der Waals surface area contributed by atoms with Crippen molar-refractivity contribution in [3.8, 4) is 0 Å². The highest BCUT2D eigenvalue weighted by Crippen LogP contribution is 2.21. The van der Waals surface area contributed by atoms with Gasteiger partial charge in [-0.25, -0.2) is 0 Å². The summed E-state index contributed by atoms with van der Waals surface area (Å²) in [6.45, 7) is 4.48. The van der Waals surface area contributed by atoms with Crippen LogP contribution in [0.1, 0.15) is 23.7 Å². The highest BCUT2D eigenvalue weighted by molar-refractivity contribution is 9.10. The van der Waals surface area contributed by atoms with Gasteiger partial charge in [-0.1, -0.05) is 18.5 Å². The molecule has 0 unspecified atom stereocenters. The minimum absolute atomic E-state index is 0. The number of carbonyl (C=O) groups excluding carboxylic acids is 1. The number of nitrogens with one attached hydrogen (secondary N) is 2. The van der Waals surface area contributed by atoms with Gasteiger partial charge in [-0.05, 0) is 47.1 Å². The lowest BCUT2D eigenvalue weighted by atomic mass is 10.2. The van der Waals surface area contributed by atoms with Crippen LogP contribution in [0.15, 0.2) is 22.7 Å². The van der Waals surface area contributed by atoms with Crippen LogP contribution < -0.4 is 10.6 Å². The maximum Gasteiger partial charge on any atom is 0.252 e. The number of amides is 1. The first-order chi connectivity index (χ1) is 8.15. The second kappa shape index (κ2) is 9.62. The Morgan fingerprint density at radius 2 is 2.06 bits per heavy atom. The van der Waals surface area contributed by atoms with Gasteiger partial charge in [0.05, 0.1) is 5.56 Å². The molecule has 6 heteroatoms. The number of hydrogen-bond donors (Lipinski definition) is 2. The largest absolute Gasteiger partial charge is 0.351 e. The van der Waals surface area contributed by atoms with Crippen LogP contribution in [0.5, 0.6) is 0 Å². The predicted octanol–water partition coefficient (Wildman–Crippen LogP) is 3.25. The summed E-state index contributed by atoms with van der Waals surface area (Å²) in [7, 11) is 0. The number of carbonyl (C=O) groups is 1. The number of hydrogen-bond acceptors (Lipinski definition) is 2. The molecule has 0 spiro atoms. The monoisotopic (exact) mass is 354 g/mol. The van der Waals surface area contributed by atoms with Gasteiger partial charge in [0.1, 0.15) is 0 Å². The van der Waals surface area contributed by atoms with E-state index in [-0.39, 0.29) is 18.3 Å². The van der Waals surface area contributed by atoms with Crippen molar-refractivity contribution in [1.82, 2.24) is 10.6 Å². The Balaban J connectivity index is 0.00000289. The van der Waals surface area contributed by atoms with Crippen molar-refractivity contribution in [3.05, 3.63) is 33.3 Å². The van der Waals surface area contributed by atoms with Crippen LogP contribution in [0.4, 0.5) is 0 Å². The summed E-state index contributed by atoms with van der Waals surface area (Å²) in [4.78, 5) is 11.8. The molecule has 102 valence electrons. The molecule has 0 atom stereocenters. The van der Waals surface area contributed by atoms with E-state index in [1.807, 2.05) is 0 Å². The number of benzene rings is 1. The Labute approximate surface area is 127 Å². The maximum atomic E-state index is 11.8. The van der Waals surface area contributed by atoms with Crippen LogP contribution >= 0.6 is 39.9 Å². The summed E-state index contributed by atoms with van der Waals surface area (Å²) < 4.78 is 0.712. The van der Waals surface area contributed by atoms with Crippen molar-refractivity contribution in [2.45, 2.75) is 13.3 Å². The molecule has 0 aromatic heterocycles. The Morgan fingerprint density at radius 3 is 2.67 bits per heavy atom. The van der Waals surface area contributed by atoms with Gasteiger partial charge < -0.3 is 10.6 Å². The molecule has 0 radical (unpaired) electrons. The maximum absolute atomic E-state index is 11.8. The molecule has 3 nitrogen and oxygen atoms in total. The van der Waals surface area contributed by atoms with E-state index < -0.39 is 0 Å². The third kappa shape index (κ3) is 6.05. The highest BCUT2D eigenvalue weighted by atomic mass is 79.9. The minimum atomic E-state index is -0.0909. The number of rotatable bonds is 6. The Hall–Kier alpha value is -0.290. The van der Waals surface area contributed by atoms with E-state index in [9.17, 15) is 4.79 Å². The van der Waals surface area contributed by atoms with Crippen molar-refractivity contribution in [2.75, 3.05) is 19.6 Å². The van der Waals surface area contributed by atoms with Gasteiger partial charge in [0.2, 0.25) is 0 Å². The molecule has 0 saturated carbocycles. The van der Waals surface area contributed by atoms with E-state index in [0.29, 0.717) is 21.6 Å². The summed E-state index contributed by atoms with van der Waals surface area (Å²) in [5.41, 5.74) is 0.602. The average Bonchev–Trinajstić information content (AvgIpc) is 2.28. The van der Waals surface area contributed by atoms with Crippen molar-refractivity contribution in [1.29, 1.82) is 0 Å². The molecule has 2 N–H and O–H groups in total. The first-order valence-corrected chi connectivity index (χ1v) is 6.76. The smallest absolute Gasteiger partial charge is 0.252 e. The molecule has 18 heavy (non-hydrogen) atoms. The molecular formula is C12H17BrCl2N2O. The van der Waals surface area contributed by atoms with Gasteiger partial charge in [-0.15, -0.1) is 12.4 Å². The summed E-state index contributed by atoms with van der Waals surface area (Å²) in [5, 5.41) is 6.67. The van der Waals surface area contributed by atoms with Crippen LogP contribution in [0.2, 0.25) is 5.02 Å². The van der Waals surface area contributed by atoms with Crippen LogP contribution in [0.25, 0.3) is 0 Å². The van der Waals surface area contributed by atoms with Gasteiger partial charge in [-0.3, -0.25) is 4.79 Å². The first kappa shape index (κ1) is 17.7. The lowest BCUT2D eigenvalue weighted by Crippen LogP contribution is -2.32. The van der Waals surface area contributed by atoms with E-state index in [4.69, 9.17) is 11.6 Å². The molecule has 0 aliphatic carbocycles. The Morgan fingerprint density at radius 1 is 1.33 bits per heavy atom. The quantitative estimate of drug-likeness (QED) is 0.769. The lowest BCUT2D eigenvalue weighted by molar-refractivity contribution is 0.0953. The van der Waals surface area contributed by atoms with E-state index in [0.717, 1.165) is 19.5 Å². The zero-order valence-corrected chi connectivity index (χ0v) is 13.3. The van der Waals surface area contributed by atoms with Crippen LogP contribution in [0, 0.1) is 0 Å². The van der Waals surface area contributed by atoms with Crippen molar-refractivity contribution < 1.29 is 4.79 Å². The van der Waals surface area contributed by atoms with Gasteiger partial charge in [-0.2, -0.15) is 0 Å². The predicted molar refractivity (Wildman–Crippen MR) is 81.9 cm³/mol. The zero-order valence-electron chi connectivity index (χ0n) is 10.1. The van der Waals surface area contributed by atoms with Gasteiger partial charge in [0.15, 0.2) is 0 Å². The third-order valence-electron chi connectivity index (χ3n) is 2.19. The first-order valence-electron chi connectivity index (χ1n) is 5.59. The standard InChI is InChI=1S/C12H16BrClN2O.ClH/c1-2-5-15-6-7-16-12(17)10-4-3-9(14)8-11(10)13;/h3-4,8,15H,2,5-7H2,1H3,(H,16,17);1H. The Bertz CT molecular complexity index is 388. The molecule has 0 fully saturated rings. The fourth-order valence-corrected chi connectivity index (χ4v) is 2.20. The Kier molecular flexibility index (Phi) is 9.46. The number of halogens is 3. The molecular weight excluding hydrogens is 339 g/mol. The van der Waals surface area contributed by atoms with Gasteiger partial charge in [0.25, 0.3) is 5.91 Å². The van der Waals surface area contributed by atoms with Crippen molar-refractivity contribution >= 4 is 45.8 Å². The van der Waals surface area contributed by atoms with Gasteiger partial charge in [0, 0.05) is 22.6 Å². The van der Waals surface area contributed by atoms with E-state index in [1.54, 1.807) is 18.2 Å². The molecule has 0 bridgehead atoms. The third-order valence-corrected chi connectivity index (χ3v) is 3.08. The normalized spacial score (nSPS) is 9.72. The fourth-order valence-electron chi connectivity index (χ4n) is 1.34.